The lowest BCUT2D eigenvalue weighted by atomic mass is 10.1. The summed E-state index contributed by atoms with van der Waals surface area (Å²) < 4.78 is 5.16. The summed E-state index contributed by atoms with van der Waals surface area (Å²) in [5, 5.41) is 9.44. The molecular formula is C14H22N2O4S. The molecule has 6 nitrogen and oxygen atoms in total. The lowest BCUT2D eigenvalue weighted by Gasteiger charge is -2.31. The van der Waals surface area contributed by atoms with Crippen molar-refractivity contribution in [3.63, 3.8) is 0 Å². The molecule has 3 rings (SSSR count). The average Bonchev–Trinajstić information content (AvgIpc) is 3.02. The van der Waals surface area contributed by atoms with Crippen LogP contribution in [0.25, 0.3) is 0 Å². The predicted molar refractivity (Wildman–Crippen MR) is 79.2 cm³/mol. The Bertz CT molecular complexity index is 429. The topological polar surface area (TPSA) is 70.1 Å². The van der Waals surface area contributed by atoms with E-state index in [0.717, 1.165) is 19.3 Å². The molecule has 21 heavy (non-hydrogen) atoms. The molecule has 2 amide bonds. The van der Waals surface area contributed by atoms with E-state index < -0.39 is 12.0 Å². The first-order valence-corrected chi connectivity index (χ1v) is 8.57. The molecule has 3 aliphatic rings. The number of ether oxygens (including phenoxy) is 1. The van der Waals surface area contributed by atoms with Gasteiger partial charge < -0.3 is 14.7 Å². The third-order valence-corrected chi connectivity index (χ3v) is 5.99. The highest BCUT2D eigenvalue weighted by Gasteiger charge is 2.49. The molecule has 2 saturated heterocycles. The van der Waals surface area contributed by atoms with E-state index in [9.17, 15) is 14.7 Å². The number of urea groups is 1. The van der Waals surface area contributed by atoms with Gasteiger partial charge in [0.15, 0.2) is 0 Å². The largest absolute Gasteiger partial charge is 0.480 e. The van der Waals surface area contributed by atoms with Gasteiger partial charge in [0.2, 0.25) is 0 Å². The van der Waals surface area contributed by atoms with Crippen molar-refractivity contribution in [2.24, 2.45) is 11.8 Å². The second kappa shape index (κ2) is 6.04. The van der Waals surface area contributed by atoms with E-state index in [1.54, 1.807) is 28.7 Å². The molecule has 0 radical (unpaired) electrons. The summed E-state index contributed by atoms with van der Waals surface area (Å²) in [5.41, 5.74) is 0. The van der Waals surface area contributed by atoms with Crippen molar-refractivity contribution in [1.82, 2.24) is 9.80 Å². The highest BCUT2D eigenvalue weighted by molar-refractivity contribution is 8.00. The van der Waals surface area contributed by atoms with Gasteiger partial charge >= 0.3 is 12.0 Å². The Balaban J connectivity index is 1.69. The van der Waals surface area contributed by atoms with Gasteiger partial charge in [0, 0.05) is 31.9 Å². The fourth-order valence-corrected chi connectivity index (χ4v) is 4.87. The number of carboxylic acid groups (broad SMARTS) is 1. The maximum atomic E-state index is 12.8. The zero-order valence-corrected chi connectivity index (χ0v) is 13.1. The van der Waals surface area contributed by atoms with Gasteiger partial charge in [-0.1, -0.05) is 0 Å². The van der Waals surface area contributed by atoms with Crippen LogP contribution in [-0.4, -0.2) is 70.9 Å². The first-order chi connectivity index (χ1) is 10.1. The lowest BCUT2D eigenvalue weighted by Crippen LogP contribution is -2.51. The standard InChI is InChI=1S/C14H22N2O4S/c1-20-7-9-4-5-15(6-9)14(19)16-11(13(17)18)8-21-12(16)10-2-3-10/h9-12H,2-8H2,1H3,(H,17,18). The quantitative estimate of drug-likeness (QED) is 0.847. The van der Waals surface area contributed by atoms with E-state index in [1.165, 1.54) is 0 Å². The maximum absolute atomic E-state index is 12.8. The second-order valence-electron chi connectivity index (χ2n) is 6.16. The van der Waals surface area contributed by atoms with Gasteiger partial charge in [0.1, 0.15) is 6.04 Å². The van der Waals surface area contributed by atoms with Crippen molar-refractivity contribution in [1.29, 1.82) is 0 Å². The highest BCUT2D eigenvalue weighted by atomic mass is 32.2. The minimum atomic E-state index is -0.883. The number of carbonyl (C=O) groups is 2. The molecule has 2 aliphatic heterocycles. The second-order valence-corrected chi connectivity index (χ2v) is 7.31. The molecule has 0 aromatic heterocycles. The summed E-state index contributed by atoms with van der Waals surface area (Å²) in [7, 11) is 1.67. The van der Waals surface area contributed by atoms with Gasteiger partial charge in [-0.2, -0.15) is 0 Å². The SMILES string of the molecule is COCC1CCN(C(=O)N2C(C(=O)O)CSC2C2CC2)C1. The molecular weight excluding hydrogens is 292 g/mol. The number of hydrogen-bond acceptors (Lipinski definition) is 4. The fourth-order valence-electron chi connectivity index (χ4n) is 3.25. The third kappa shape index (κ3) is 2.99. The molecule has 2 heterocycles. The smallest absolute Gasteiger partial charge is 0.327 e. The van der Waals surface area contributed by atoms with E-state index in [0.29, 0.717) is 37.3 Å². The summed E-state index contributed by atoms with van der Waals surface area (Å²) in [6, 6.07) is -0.766. The van der Waals surface area contributed by atoms with Gasteiger partial charge in [0.05, 0.1) is 12.0 Å². The third-order valence-electron chi connectivity index (χ3n) is 4.52. The normalized spacial score (nSPS) is 32.7. The number of rotatable bonds is 4. The number of methoxy groups -OCH3 is 1. The van der Waals surface area contributed by atoms with Crippen LogP contribution in [0.2, 0.25) is 0 Å². The number of nitrogens with zero attached hydrogens (tertiary/aromatic N) is 2. The van der Waals surface area contributed by atoms with Crippen molar-refractivity contribution >= 4 is 23.8 Å². The van der Waals surface area contributed by atoms with Gasteiger partial charge in [-0.15, -0.1) is 11.8 Å². The Hall–Kier alpha value is -0.950. The number of aliphatic carboxylic acids is 1. The summed E-state index contributed by atoms with van der Waals surface area (Å²) in [4.78, 5) is 27.7. The van der Waals surface area contributed by atoms with Crippen molar-refractivity contribution in [2.45, 2.75) is 30.7 Å². The van der Waals surface area contributed by atoms with Crippen LogP contribution in [0, 0.1) is 11.8 Å². The van der Waals surface area contributed by atoms with Gasteiger partial charge in [-0.05, 0) is 25.2 Å². The molecule has 0 aromatic rings. The van der Waals surface area contributed by atoms with Gasteiger partial charge in [0.25, 0.3) is 0 Å². The number of thioether (sulfide) groups is 1. The van der Waals surface area contributed by atoms with E-state index in [-0.39, 0.29) is 11.4 Å². The maximum Gasteiger partial charge on any atom is 0.327 e. The molecule has 0 bridgehead atoms. The molecule has 0 aromatic carbocycles. The molecule has 3 unspecified atom stereocenters. The average molecular weight is 314 g/mol. The van der Waals surface area contributed by atoms with Crippen molar-refractivity contribution in [3.8, 4) is 0 Å². The molecule has 1 N–H and O–H groups in total. The van der Waals surface area contributed by atoms with Crippen molar-refractivity contribution in [3.05, 3.63) is 0 Å². The molecule has 3 atom stereocenters. The van der Waals surface area contributed by atoms with Crippen LogP contribution in [0.5, 0.6) is 0 Å². The number of carbonyl (C=O) groups excluding carboxylic acids is 1. The highest BCUT2D eigenvalue weighted by Crippen LogP contribution is 2.46. The Labute approximate surface area is 128 Å². The Morgan fingerprint density at radius 1 is 1.33 bits per heavy atom. The molecule has 3 fully saturated rings. The van der Waals surface area contributed by atoms with Gasteiger partial charge in [-0.25, -0.2) is 9.59 Å². The number of likely N-dealkylation sites (tertiary alicyclic amines) is 1. The zero-order chi connectivity index (χ0) is 15.0. The zero-order valence-electron chi connectivity index (χ0n) is 12.2. The minimum Gasteiger partial charge on any atom is -0.480 e. The van der Waals surface area contributed by atoms with E-state index in [4.69, 9.17) is 4.74 Å². The number of carboxylic acids is 1. The van der Waals surface area contributed by atoms with E-state index in [1.807, 2.05) is 0 Å². The summed E-state index contributed by atoms with van der Waals surface area (Å²) in [6.45, 7) is 2.04. The van der Waals surface area contributed by atoms with Crippen LogP contribution < -0.4 is 0 Å². The van der Waals surface area contributed by atoms with Crippen LogP contribution in [0.15, 0.2) is 0 Å². The number of amides is 2. The lowest BCUT2D eigenvalue weighted by molar-refractivity contribution is -0.141. The molecule has 1 saturated carbocycles. The van der Waals surface area contributed by atoms with Crippen molar-refractivity contribution < 1.29 is 19.4 Å². The van der Waals surface area contributed by atoms with Crippen LogP contribution in [-0.2, 0) is 9.53 Å². The monoisotopic (exact) mass is 314 g/mol. The molecule has 1 aliphatic carbocycles. The van der Waals surface area contributed by atoms with Crippen LogP contribution >= 0.6 is 11.8 Å². The molecule has 0 spiro atoms. The van der Waals surface area contributed by atoms with Crippen molar-refractivity contribution in [2.75, 3.05) is 32.6 Å². The summed E-state index contributed by atoms with van der Waals surface area (Å²) >= 11 is 1.63. The van der Waals surface area contributed by atoms with Gasteiger partial charge in [-0.3, -0.25) is 4.90 Å². The Kier molecular flexibility index (Phi) is 4.31. The first-order valence-electron chi connectivity index (χ1n) is 7.52. The van der Waals surface area contributed by atoms with Crippen LogP contribution in [0.3, 0.4) is 0 Å². The Morgan fingerprint density at radius 2 is 2.10 bits per heavy atom. The first kappa shape index (κ1) is 15.0. The molecule has 7 heteroatoms. The fraction of sp³-hybridized carbons (Fsp3) is 0.857. The summed E-state index contributed by atoms with van der Waals surface area (Å²) in [6.07, 6.45) is 3.16. The van der Waals surface area contributed by atoms with Crippen LogP contribution in [0.4, 0.5) is 4.79 Å². The number of hydrogen-bond donors (Lipinski definition) is 1. The van der Waals surface area contributed by atoms with E-state index in [2.05, 4.69) is 0 Å². The van der Waals surface area contributed by atoms with E-state index >= 15 is 0 Å². The summed E-state index contributed by atoms with van der Waals surface area (Å²) in [5.74, 6) is 0.488. The Morgan fingerprint density at radius 3 is 2.71 bits per heavy atom. The van der Waals surface area contributed by atoms with Crippen LogP contribution in [0.1, 0.15) is 19.3 Å². The minimum absolute atomic E-state index is 0.0556. The molecule has 118 valence electrons. The predicted octanol–water partition coefficient (Wildman–Crippen LogP) is 1.31.